The molecule has 6 nitrogen and oxygen atoms in total. The number of anilines is 2. The Kier molecular flexibility index (Phi) is 3.41. The number of carbonyl (C=O) groups is 1. The van der Waals surface area contributed by atoms with Crippen molar-refractivity contribution in [1.82, 2.24) is 9.97 Å². The molecule has 0 radical (unpaired) electrons. The summed E-state index contributed by atoms with van der Waals surface area (Å²) >= 11 is 1.30. The molecule has 0 atom stereocenters. The number of rotatable bonds is 4. The van der Waals surface area contributed by atoms with E-state index in [0.29, 0.717) is 15.8 Å². The zero-order valence-electron chi connectivity index (χ0n) is 11.0. The second-order valence-corrected chi connectivity index (χ2v) is 5.49. The maximum atomic E-state index is 11.2. The van der Waals surface area contributed by atoms with Crippen LogP contribution in [0.4, 0.5) is 10.7 Å². The zero-order chi connectivity index (χ0) is 14.8. The Balaban J connectivity index is 1.92. The van der Waals surface area contributed by atoms with Gasteiger partial charge in [-0.3, -0.25) is 0 Å². The zero-order valence-corrected chi connectivity index (χ0v) is 11.8. The number of aryl methyl sites for hydroxylation is 1. The standard InChI is InChI=1S/C14H11N3O3S/c1-8-16-12(14(18)19)13(21-8)17-10-4-2-3-9(5-10)11-6-15-7-20-11/h2-7,17H,1H3,(H,18,19). The molecule has 0 amide bonds. The lowest BCUT2D eigenvalue weighted by Gasteiger charge is -2.05. The lowest BCUT2D eigenvalue weighted by Crippen LogP contribution is -2.01. The van der Waals surface area contributed by atoms with Crippen LogP contribution >= 0.6 is 11.3 Å². The molecule has 2 N–H and O–H groups in total. The van der Waals surface area contributed by atoms with Crippen molar-refractivity contribution in [2.45, 2.75) is 6.92 Å². The summed E-state index contributed by atoms with van der Waals surface area (Å²) in [7, 11) is 0. The van der Waals surface area contributed by atoms with Gasteiger partial charge in [0.1, 0.15) is 5.00 Å². The largest absolute Gasteiger partial charge is 0.476 e. The van der Waals surface area contributed by atoms with E-state index in [-0.39, 0.29) is 5.69 Å². The SMILES string of the molecule is Cc1nc(C(=O)O)c(Nc2cccc(-c3cnco3)c2)s1. The molecule has 0 spiro atoms. The Hall–Kier alpha value is -2.67. The molecule has 21 heavy (non-hydrogen) atoms. The van der Waals surface area contributed by atoms with Crippen LogP contribution in [0, 0.1) is 6.92 Å². The highest BCUT2D eigenvalue weighted by Crippen LogP contribution is 2.29. The fourth-order valence-corrected chi connectivity index (χ4v) is 2.73. The number of benzene rings is 1. The van der Waals surface area contributed by atoms with E-state index in [1.807, 2.05) is 24.3 Å². The summed E-state index contributed by atoms with van der Waals surface area (Å²) in [6.07, 6.45) is 2.99. The molecular weight excluding hydrogens is 290 g/mol. The van der Waals surface area contributed by atoms with Crippen molar-refractivity contribution < 1.29 is 14.3 Å². The number of thiazole rings is 1. The van der Waals surface area contributed by atoms with Crippen molar-refractivity contribution in [1.29, 1.82) is 0 Å². The van der Waals surface area contributed by atoms with Gasteiger partial charge in [-0.25, -0.2) is 14.8 Å². The second-order valence-electron chi connectivity index (χ2n) is 4.29. The van der Waals surface area contributed by atoms with Crippen LogP contribution in [0.2, 0.25) is 0 Å². The number of carboxylic acids is 1. The highest BCUT2D eigenvalue weighted by molar-refractivity contribution is 7.16. The van der Waals surface area contributed by atoms with Crippen LogP contribution in [-0.2, 0) is 0 Å². The molecule has 2 aromatic heterocycles. The van der Waals surface area contributed by atoms with Crippen LogP contribution in [-0.4, -0.2) is 21.0 Å². The number of aromatic carboxylic acids is 1. The van der Waals surface area contributed by atoms with Crippen molar-refractivity contribution in [3.05, 3.63) is 47.6 Å². The topological polar surface area (TPSA) is 88.2 Å². The molecule has 0 saturated carbocycles. The van der Waals surface area contributed by atoms with Gasteiger partial charge in [0.15, 0.2) is 17.8 Å². The first-order valence-corrected chi connectivity index (χ1v) is 6.92. The van der Waals surface area contributed by atoms with E-state index in [2.05, 4.69) is 15.3 Å². The molecule has 0 unspecified atom stereocenters. The molecule has 3 aromatic rings. The summed E-state index contributed by atoms with van der Waals surface area (Å²) in [6.45, 7) is 1.77. The van der Waals surface area contributed by atoms with Crippen LogP contribution in [0.25, 0.3) is 11.3 Å². The molecule has 3 rings (SSSR count). The van der Waals surface area contributed by atoms with Crippen molar-refractivity contribution in [2.24, 2.45) is 0 Å². The Labute approximate surface area is 124 Å². The number of aromatic nitrogens is 2. The van der Waals surface area contributed by atoms with E-state index in [9.17, 15) is 4.79 Å². The van der Waals surface area contributed by atoms with E-state index < -0.39 is 5.97 Å². The molecular formula is C14H11N3O3S. The molecule has 0 aliphatic carbocycles. The summed E-state index contributed by atoms with van der Waals surface area (Å²) in [5, 5.41) is 13.4. The molecule has 0 saturated heterocycles. The number of nitrogens with zero attached hydrogens (tertiary/aromatic N) is 2. The van der Waals surface area contributed by atoms with Crippen LogP contribution in [0.5, 0.6) is 0 Å². The second kappa shape index (κ2) is 5.37. The van der Waals surface area contributed by atoms with Crippen LogP contribution < -0.4 is 5.32 Å². The van der Waals surface area contributed by atoms with E-state index in [0.717, 1.165) is 11.3 Å². The quantitative estimate of drug-likeness (QED) is 0.766. The Morgan fingerprint density at radius 1 is 1.43 bits per heavy atom. The van der Waals surface area contributed by atoms with Gasteiger partial charge >= 0.3 is 5.97 Å². The average molecular weight is 301 g/mol. The summed E-state index contributed by atoms with van der Waals surface area (Å²) in [5.41, 5.74) is 1.65. The average Bonchev–Trinajstić information content (AvgIpc) is 3.09. The lowest BCUT2D eigenvalue weighted by atomic mass is 10.1. The minimum atomic E-state index is -1.05. The first kappa shape index (κ1) is 13.3. The van der Waals surface area contributed by atoms with Crippen molar-refractivity contribution in [2.75, 3.05) is 5.32 Å². The normalized spacial score (nSPS) is 10.5. The van der Waals surface area contributed by atoms with Crippen molar-refractivity contribution >= 4 is 28.0 Å². The molecule has 106 valence electrons. The van der Waals surface area contributed by atoms with Gasteiger partial charge in [0.05, 0.1) is 11.2 Å². The molecule has 0 fully saturated rings. The fraction of sp³-hybridized carbons (Fsp3) is 0.0714. The van der Waals surface area contributed by atoms with Gasteiger partial charge in [-0.1, -0.05) is 12.1 Å². The van der Waals surface area contributed by atoms with Gasteiger partial charge in [0.25, 0.3) is 0 Å². The molecule has 7 heteroatoms. The van der Waals surface area contributed by atoms with Crippen LogP contribution in [0.3, 0.4) is 0 Å². The maximum absolute atomic E-state index is 11.2. The van der Waals surface area contributed by atoms with E-state index in [4.69, 9.17) is 9.52 Å². The van der Waals surface area contributed by atoms with E-state index >= 15 is 0 Å². The highest BCUT2D eigenvalue weighted by Gasteiger charge is 2.16. The maximum Gasteiger partial charge on any atom is 0.357 e. The fourth-order valence-electron chi connectivity index (χ4n) is 1.90. The third kappa shape index (κ3) is 2.77. The molecule has 1 aromatic carbocycles. The molecule has 2 heterocycles. The third-order valence-electron chi connectivity index (χ3n) is 2.77. The first-order valence-electron chi connectivity index (χ1n) is 6.10. The molecule has 0 aliphatic heterocycles. The van der Waals surface area contributed by atoms with Gasteiger partial charge in [0, 0.05) is 11.3 Å². The lowest BCUT2D eigenvalue weighted by molar-refractivity contribution is 0.0692. The monoisotopic (exact) mass is 301 g/mol. The Morgan fingerprint density at radius 3 is 3.00 bits per heavy atom. The molecule has 0 bridgehead atoms. The summed E-state index contributed by atoms with van der Waals surface area (Å²) in [6, 6.07) is 7.46. The summed E-state index contributed by atoms with van der Waals surface area (Å²) in [5.74, 6) is -0.397. The van der Waals surface area contributed by atoms with Gasteiger partial charge in [-0.15, -0.1) is 11.3 Å². The smallest absolute Gasteiger partial charge is 0.357 e. The summed E-state index contributed by atoms with van der Waals surface area (Å²) in [4.78, 5) is 19.0. The number of hydrogen-bond donors (Lipinski definition) is 2. The Morgan fingerprint density at radius 2 is 2.29 bits per heavy atom. The first-order chi connectivity index (χ1) is 10.1. The minimum absolute atomic E-state index is 0.0302. The van der Waals surface area contributed by atoms with Crippen molar-refractivity contribution in [3.63, 3.8) is 0 Å². The van der Waals surface area contributed by atoms with Crippen LogP contribution in [0.15, 0.2) is 41.3 Å². The number of oxazole rings is 1. The van der Waals surface area contributed by atoms with E-state index in [1.54, 1.807) is 13.1 Å². The minimum Gasteiger partial charge on any atom is -0.476 e. The van der Waals surface area contributed by atoms with Crippen molar-refractivity contribution in [3.8, 4) is 11.3 Å². The van der Waals surface area contributed by atoms with Gasteiger partial charge < -0.3 is 14.8 Å². The van der Waals surface area contributed by atoms with Gasteiger partial charge in [0.2, 0.25) is 0 Å². The van der Waals surface area contributed by atoms with Gasteiger partial charge in [-0.05, 0) is 19.1 Å². The van der Waals surface area contributed by atoms with E-state index in [1.165, 1.54) is 17.7 Å². The highest BCUT2D eigenvalue weighted by atomic mass is 32.1. The molecule has 0 aliphatic rings. The third-order valence-corrected chi connectivity index (χ3v) is 3.66. The van der Waals surface area contributed by atoms with Gasteiger partial charge in [-0.2, -0.15) is 0 Å². The summed E-state index contributed by atoms with van der Waals surface area (Å²) < 4.78 is 5.25. The Bertz CT molecular complexity index is 781. The number of carboxylic acid groups (broad SMARTS) is 1. The predicted molar refractivity (Wildman–Crippen MR) is 79.0 cm³/mol. The number of nitrogens with one attached hydrogen (secondary N) is 1. The predicted octanol–water partition coefficient (Wildman–Crippen LogP) is 3.55. The number of hydrogen-bond acceptors (Lipinski definition) is 6. The van der Waals surface area contributed by atoms with Crippen LogP contribution in [0.1, 0.15) is 15.5 Å².